The van der Waals surface area contributed by atoms with Crippen molar-refractivity contribution in [1.29, 1.82) is 0 Å². The molecule has 0 heterocycles. The zero-order valence-corrected chi connectivity index (χ0v) is 15.4. The van der Waals surface area contributed by atoms with Gasteiger partial charge in [-0.05, 0) is 65.7 Å². The Morgan fingerprint density at radius 3 is 2.57 bits per heavy atom. The zero-order chi connectivity index (χ0) is 17.0. The highest BCUT2D eigenvalue weighted by molar-refractivity contribution is 9.10. The first kappa shape index (κ1) is 17.6. The van der Waals surface area contributed by atoms with Crippen molar-refractivity contribution in [2.75, 3.05) is 12.4 Å². The fourth-order valence-corrected chi connectivity index (χ4v) is 2.74. The molecule has 122 valence electrons. The van der Waals surface area contributed by atoms with Crippen LogP contribution in [0.15, 0.2) is 40.9 Å². The van der Waals surface area contributed by atoms with Gasteiger partial charge in [0.05, 0.1) is 17.3 Å². The zero-order valence-electron chi connectivity index (χ0n) is 13.0. The molecule has 1 N–H and O–H groups in total. The molecular formula is C17H17BrClNO3. The molecule has 1 amide bonds. The number of rotatable bonds is 5. The molecule has 0 aliphatic heterocycles. The summed E-state index contributed by atoms with van der Waals surface area (Å²) in [6.45, 7) is 3.62. The van der Waals surface area contributed by atoms with Crippen LogP contribution in [0, 0.1) is 6.92 Å². The largest absolute Gasteiger partial charge is 0.495 e. The molecule has 0 radical (unpaired) electrons. The predicted octanol–water partition coefficient (Wildman–Crippen LogP) is 4.83. The minimum absolute atomic E-state index is 0.268. The summed E-state index contributed by atoms with van der Waals surface area (Å²) in [6.07, 6.45) is -0.683. The van der Waals surface area contributed by atoms with Crippen LogP contribution in [0.5, 0.6) is 11.5 Å². The number of amides is 1. The molecule has 0 spiro atoms. The number of nitrogens with one attached hydrogen (secondary N) is 1. The lowest BCUT2D eigenvalue weighted by Gasteiger charge is -2.17. The van der Waals surface area contributed by atoms with E-state index in [4.69, 9.17) is 21.1 Å². The summed E-state index contributed by atoms with van der Waals surface area (Å²) < 4.78 is 11.6. The lowest BCUT2D eigenvalue weighted by molar-refractivity contribution is -0.122. The quantitative estimate of drug-likeness (QED) is 0.785. The van der Waals surface area contributed by atoms with Gasteiger partial charge in [0, 0.05) is 5.02 Å². The van der Waals surface area contributed by atoms with Gasteiger partial charge in [0.1, 0.15) is 11.5 Å². The number of carbonyl (C=O) groups is 1. The van der Waals surface area contributed by atoms with E-state index in [2.05, 4.69) is 21.2 Å². The van der Waals surface area contributed by atoms with E-state index in [0.29, 0.717) is 26.7 Å². The highest BCUT2D eigenvalue weighted by Crippen LogP contribution is 2.29. The number of ether oxygens (including phenoxy) is 2. The van der Waals surface area contributed by atoms with Gasteiger partial charge in [-0.15, -0.1) is 0 Å². The van der Waals surface area contributed by atoms with Gasteiger partial charge in [0.2, 0.25) is 0 Å². The van der Waals surface area contributed by atoms with E-state index in [1.165, 1.54) is 0 Å². The predicted molar refractivity (Wildman–Crippen MR) is 95.6 cm³/mol. The molecule has 6 heteroatoms. The Balaban J connectivity index is 2.10. The Morgan fingerprint density at radius 1 is 1.22 bits per heavy atom. The summed E-state index contributed by atoms with van der Waals surface area (Å²) >= 11 is 9.26. The first-order valence-corrected chi connectivity index (χ1v) is 8.15. The van der Waals surface area contributed by atoms with Crippen LogP contribution in [-0.2, 0) is 4.79 Å². The van der Waals surface area contributed by atoms with Crippen LogP contribution in [-0.4, -0.2) is 19.1 Å². The number of halogens is 2. The van der Waals surface area contributed by atoms with Crippen molar-refractivity contribution in [3.05, 3.63) is 51.5 Å². The summed E-state index contributed by atoms with van der Waals surface area (Å²) in [5.41, 5.74) is 1.64. The van der Waals surface area contributed by atoms with Crippen molar-refractivity contribution in [2.24, 2.45) is 0 Å². The first-order chi connectivity index (χ1) is 10.9. The molecular weight excluding hydrogens is 382 g/mol. The molecule has 0 fully saturated rings. The number of hydrogen-bond acceptors (Lipinski definition) is 3. The lowest BCUT2D eigenvalue weighted by atomic mass is 10.2. The smallest absolute Gasteiger partial charge is 0.265 e. The number of carbonyl (C=O) groups excluding carboxylic acids is 1. The third-order valence-electron chi connectivity index (χ3n) is 3.18. The lowest BCUT2D eigenvalue weighted by Crippen LogP contribution is -2.30. The maximum Gasteiger partial charge on any atom is 0.265 e. The van der Waals surface area contributed by atoms with Gasteiger partial charge in [-0.3, -0.25) is 4.79 Å². The van der Waals surface area contributed by atoms with E-state index in [9.17, 15) is 4.79 Å². The first-order valence-electron chi connectivity index (χ1n) is 6.98. The maximum atomic E-state index is 12.3. The fourth-order valence-electron chi connectivity index (χ4n) is 1.97. The SMILES string of the molecule is COc1ccc(C)cc1NC(=O)[C@@H](C)Oc1ccc(Cl)cc1Br. The van der Waals surface area contributed by atoms with Crippen LogP contribution >= 0.6 is 27.5 Å². The van der Waals surface area contributed by atoms with Crippen LogP contribution in [0.4, 0.5) is 5.69 Å². The van der Waals surface area contributed by atoms with Gasteiger partial charge in [0.25, 0.3) is 5.91 Å². The molecule has 1 atom stereocenters. The Hall–Kier alpha value is -1.72. The second kappa shape index (κ2) is 7.70. The summed E-state index contributed by atoms with van der Waals surface area (Å²) in [5, 5.41) is 3.41. The molecule has 0 aliphatic carbocycles. The van der Waals surface area contributed by atoms with Crippen molar-refractivity contribution in [3.8, 4) is 11.5 Å². The van der Waals surface area contributed by atoms with Crippen molar-refractivity contribution in [2.45, 2.75) is 20.0 Å². The van der Waals surface area contributed by atoms with Gasteiger partial charge in [-0.1, -0.05) is 17.7 Å². The number of methoxy groups -OCH3 is 1. The average molecular weight is 399 g/mol. The third-order valence-corrected chi connectivity index (χ3v) is 4.03. The molecule has 0 unspecified atom stereocenters. The Labute approximate surface area is 148 Å². The van der Waals surface area contributed by atoms with E-state index in [-0.39, 0.29) is 5.91 Å². The number of hydrogen-bond donors (Lipinski definition) is 1. The molecule has 0 saturated heterocycles. The molecule has 0 bridgehead atoms. The minimum Gasteiger partial charge on any atom is -0.495 e. The second-order valence-electron chi connectivity index (χ2n) is 5.03. The molecule has 2 rings (SSSR count). The summed E-state index contributed by atoms with van der Waals surface area (Å²) in [7, 11) is 1.56. The van der Waals surface area contributed by atoms with E-state index < -0.39 is 6.10 Å². The van der Waals surface area contributed by atoms with Crippen LogP contribution in [0.25, 0.3) is 0 Å². The van der Waals surface area contributed by atoms with Gasteiger partial charge in [-0.25, -0.2) is 0 Å². The van der Waals surface area contributed by atoms with Crippen molar-refractivity contribution in [1.82, 2.24) is 0 Å². The van der Waals surface area contributed by atoms with Gasteiger partial charge < -0.3 is 14.8 Å². The average Bonchev–Trinajstić information content (AvgIpc) is 2.50. The summed E-state index contributed by atoms with van der Waals surface area (Å²) in [4.78, 5) is 12.3. The Kier molecular flexibility index (Phi) is 5.91. The van der Waals surface area contributed by atoms with E-state index in [0.717, 1.165) is 5.56 Å². The molecule has 2 aromatic rings. The van der Waals surface area contributed by atoms with E-state index >= 15 is 0 Å². The molecule has 2 aromatic carbocycles. The monoisotopic (exact) mass is 397 g/mol. The van der Waals surface area contributed by atoms with Gasteiger partial charge in [0.15, 0.2) is 6.10 Å². The Bertz CT molecular complexity index is 721. The summed E-state index contributed by atoms with van der Waals surface area (Å²) in [6, 6.07) is 10.7. The number of aryl methyl sites for hydroxylation is 1. The van der Waals surface area contributed by atoms with Crippen molar-refractivity contribution in [3.63, 3.8) is 0 Å². The molecule has 0 saturated carbocycles. The van der Waals surface area contributed by atoms with Crippen molar-refractivity contribution >= 4 is 39.1 Å². The molecule has 23 heavy (non-hydrogen) atoms. The third kappa shape index (κ3) is 4.62. The normalized spacial score (nSPS) is 11.7. The molecule has 4 nitrogen and oxygen atoms in total. The van der Waals surface area contributed by atoms with Crippen LogP contribution in [0.1, 0.15) is 12.5 Å². The second-order valence-corrected chi connectivity index (χ2v) is 6.32. The highest BCUT2D eigenvalue weighted by atomic mass is 79.9. The topological polar surface area (TPSA) is 47.6 Å². The Morgan fingerprint density at radius 2 is 1.91 bits per heavy atom. The minimum atomic E-state index is -0.683. The van der Waals surface area contributed by atoms with Crippen LogP contribution in [0.3, 0.4) is 0 Å². The number of anilines is 1. The maximum absolute atomic E-state index is 12.3. The standard InChI is InChI=1S/C17H17BrClNO3/c1-10-4-6-16(22-3)14(8-10)20-17(21)11(2)23-15-7-5-12(19)9-13(15)18/h4-9,11H,1-3H3,(H,20,21)/t11-/m1/s1. The van der Waals surface area contributed by atoms with Crippen LogP contribution < -0.4 is 14.8 Å². The highest BCUT2D eigenvalue weighted by Gasteiger charge is 2.18. The van der Waals surface area contributed by atoms with Crippen LogP contribution in [0.2, 0.25) is 5.02 Å². The van der Waals surface area contributed by atoms with Gasteiger partial charge in [-0.2, -0.15) is 0 Å². The van der Waals surface area contributed by atoms with E-state index in [1.54, 1.807) is 32.2 Å². The molecule has 0 aliphatic rings. The summed E-state index contributed by atoms with van der Waals surface area (Å²) in [5.74, 6) is 0.882. The molecule has 0 aromatic heterocycles. The number of benzene rings is 2. The fraction of sp³-hybridized carbons (Fsp3) is 0.235. The van der Waals surface area contributed by atoms with E-state index in [1.807, 2.05) is 25.1 Å². The van der Waals surface area contributed by atoms with Crippen molar-refractivity contribution < 1.29 is 14.3 Å². The van der Waals surface area contributed by atoms with Gasteiger partial charge >= 0.3 is 0 Å².